The minimum atomic E-state index is -3.68. The molecule has 10 aromatic rings. The van der Waals surface area contributed by atoms with Crippen LogP contribution in [0.5, 0.6) is 28.7 Å². The van der Waals surface area contributed by atoms with Crippen molar-refractivity contribution in [3.05, 3.63) is 326 Å². The van der Waals surface area contributed by atoms with Crippen LogP contribution < -0.4 is 33.1 Å². The Bertz CT molecular complexity index is 5100. The minimum Gasteiger partial charge on any atom is -0.497 e. The number of halogens is 3. The molecule has 23 heteroatoms. The molecule has 0 aromatic heterocycles. The Hall–Kier alpha value is -10.7. The average molecular weight is 1680 g/mol. The SMILES string of the molecule is C#CCNS(=O)(=O)c1ccc(CCN(Cc2cc(Cl)ccc2OCCC)C(=O)Cc2ccccc2)cc1.C=CC(=O)N(CCc1ccc(S(=O)(=O)NCc2ccc(OC)cc2)cc1)Cc1cc(Cl)ccc1OCCC.CCCOc1ccc(Cl)cc1CN(CCc1ccc(C(=O)CCc2ccc(OC)cc2)cc1)C(=O)Cc1ccccc1. The maximum absolute atomic E-state index is 13.5. The van der Waals surface area contributed by atoms with E-state index in [2.05, 4.69) is 28.9 Å². The number of terminal acetylenes is 1. The maximum atomic E-state index is 13.5. The highest BCUT2D eigenvalue weighted by molar-refractivity contribution is 7.89. The normalized spacial score (nSPS) is 11.0. The molecule has 0 aliphatic heterocycles. The summed E-state index contributed by atoms with van der Waals surface area (Å²) in [6, 6.07) is 71.7. The number of carbonyl (C=O) groups excluding carboxylic acids is 4. The van der Waals surface area contributed by atoms with Crippen molar-refractivity contribution in [3.63, 3.8) is 0 Å². The molecule has 614 valence electrons. The number of benzene rings is 10. The summed E-state index contributed by atoms with van der Waals surface area (Å²) in [5.41, 5.74) is 9.91. The van der Waals surface area contributed by atoms with Gasteiger partial charge in [0.15, 0.2) is 5.78 Å². The van der Waals surface area contributed by atoms with E-state index in [0.717, 1.165) is 86.4 Å². The van der Waals surface area contributed by atoms with Gasteiger partial charge in [-0.05, 0) is 193 Å². The number of hydrogen-bond donors (Lipinski definition) is 2. The molecular formula is C94H102Cl3N5O13S2. The fourth-order valence-corrected chi connectivity index (χ4v) is 14.7. The van der Waals surface area contributed by atoms with Gasteiger partial charge in [-0.15, -0.1) is 6.42 Å². The van der Waals surface area contributed by atoms with Gasteiger partial charge >= 0.3 is 0 Å². The Morgan fingerprint density at radius 2 is 0.786 bits per heavy atom. The van der Waals surface area contributed by atoms with E-state index in [1.807, 2.05) is 176 Å². The first-order valence-corrected chi connectivity index (χ1v) is 42.9. The third-order valence-electron chi connectivity index (χ3n) is 18.7. The van der Waals surface area contributed by atoms with Gasteiger partial charge in [0.25, 0.3) is 0 Å². The zero-order valence-corrected chi connectivity index (χ0v) is 70.7. The molecule has 117 heavy (non-hydrogen) atoms. The summed E-state index contributed by atoms with van der Waals surface area (Å²) in [4.78, 5) is 57.9. The number of ketones is 1. The summed E-state index contributed by atoms with van der Waals surface area (Å²) in [6.45, 7) is 14.0. The van der Waals surface area contributed by atoms with Gasteiger partial charge in [-0.3, -0.25) is 19.2 Å². The van der Waals surface area contributed by atoms with Gasteiger partial charge in [0.05, 0.1) is 63.2 Å². The lowest BCUT2D eigenvalue weighted by molar-refractivity contribution is -0.131. The Morgan fingerprint density at radius 1 is 0.436 bits per heavy atom. The lowest BCUT2D eigenvalue weighted by Crippen LogP contribution is -2.34. The molecule has 0 spiro atoms. The number of carbonyl (C=O) groups is 4. The molecule has 3 amide bonds. The van der Waals surface area contributed by atoms with Gasteiger partial charge in [0, 0.05) is 89.6 Å². The topological polar surface area (TPSA) is 216 Å². The van der Waals surface area contributed by atoms with Crippen LogP contribution in [0, 0.1) is 12.3 Å². The van der Waals surface area contributed by atoms with Crippen molar-refractivity contribution in [2.75, 3.05) is 60.2 Å². The fraction of sp³-hybridized carbons (Fsp3) is 0.277. The predicted octanol–water partition coefficient (Wildman–Crippen LogP) is 18.0. The van der Waals surface area contributed by atoms with Gasteiger partial charge in [0.1, 0.15) is 28.7 Å². The smallest absolute Gasteiger partial charge is 0.246 e. The number of nitrogens with zero attached hydrogens (tertiary/aromatic N) is 3. The highest BCUT2D eigenvalue weighted by atomic mass is 35.5. The molecule has 18 nitrogen and oxygen atoms in total. The van der Waals surface area contributed by atoms with Gasteiger partial charge in [-0.1, -0.05) is 202 Å². The monoisotopic (exact) mass is 1680 g/mol. The second kappa shape index (κ2) is 48.1. The number of Topliss-reactive ketones (excluding diaryl/α,β-unsaturated/α-hetero) is 1. The number of methoxy groups -OCH3 is 2. The summed E-state index contributed by atoms with van der Waals surface area (Å²) in [6.07, 6.45) is 12.5. The molecule has 0 saturated heterocycles. The van der Waals surface area contributed by atoms with Crippen LogP contribution in [-0.4, -0.2) is 115 Å². The fourth-order valence-electron chi connectivity index (χ4n) is 12.2. The molecule has 10 rings (SSSR count). The number of hydrogen-bond acceptors (Lipinski definition) is 13. The highest BCUT2D eigenvalue weighted by Crippen LogP contribution is 2.30. The van der Waals surface area contributed by atoms with Crippen molar-refractivity contribution in [3.8, 4) is 41.1 Å². The van der Waals surface area contributed by atoms with Crippen LogP contribution in [0.2, 0.25) is 15.1 Å². The van der Waals surface area contributed by atoms with Gasteiger partial charge < -0.3 is 38.4 Å². The molecule has 0 aliphatic rings. The molecule has 0 unspecified atom stereocenters. The molecule has 0 heterocycles. The van der Waals surface area contributed by atoms with E-state index in [-0.39, 0.29) is 52.8 Å². The molecule has 0 radical (unpaired) electrons. The summed E-state index contributed by atoms with van der Waals surface area (Å²) in [7, 11) is -4.12. The van der Waals surface area contributed by atoms with Crippen molar-refractivity contribution < 1.29 is 59.7 Å². The second-order valence-electron chi connectivity index (χ2n) is 27.4. The van der Waals surface area contributed by atoms with Crippen LogP contribution >= 0.6 is 34.8 Å². The third kappa shape index (κ3) is 30.7. The minimum absolute atomic E-state index is 0.0229. The molecule has 2 N–H and O–H groups in total. The van der Waals surface area contributed by atoms with E-state index in [0.29, 0.717) is 135 Å². The third-order valence-corrected chi connectivity index (χ3v) is 22.2. The van der Waals surface area contributed by atoms with E-state index in [4.69, 9.17) is 64.9 Å². The second-order valence-corrected chi connectivity index (χ2v) is 32.3. The van der Waals surface area contributed by atoms with Crippen LogP contribution in [0.3, 0.4) is 0 Å². The first kappa shape index (κ1) is 91.8. The molecule has 0 atom stereocenters. The van der Waals surface area contributed by atoms with Crippen LogP contribution in [0.4, 0.5) is 0 Å². The van der Waals surface area contributed by atoms with E-state index < -0.39 is 20.0 Å². The Labute approximate surface area is 705 Å². The molecule has 0 bridgehead atoms. The number of nitrogens with one attached hydrogen (secondary N) is 2. The van der Waals surface area contributed by atoms with Crippen LogP contribution in [0.25, 0.3) is 0 Å². The molecule has 10 aromatic carbocycles. The molecule has 0 fully saturated rings. The zero-order chi connectivity index (χ0) is 84.0. The summed E-state index contributed by atoms with van der Waals surface area (Å²) < 4.78 is 83.1. The number of sulfonamides is 2. The van der Waals surface area contributed by atoms with Crippen LogP contribution in [-0.2, 0) is 99.1 Å². The Morgan fingerprint density at radius 3 is 1.16 bits per heavy atom. The predicted molar refractivity (Wildman–Crippen MR) is 466 cm³/mol. The van der Waals surface area contributed by atoms with Crippen molar-refractivity contribution >= 4 is 78.4 Å². The van der Waals surface area contributed by atoms with E-state index >= 15 is 0 Å². The van der Waals surface area contributed by atoms with Crippen LogP contribution in [0.15, 0.2) is 259 Å². The number of amides is 3. The van der Waals surface area contributed by atoms with Crippen molar-refractivity contribution in [1.29, 1.82) is 0 Å². The van der Waals surface area contributed by atoms with E-state index in [1.54, 1.807) is 90.7 Å². The van der Waals surface area contributed by atoms with Crippen molar-refractivity contribution in [2.24, 2.45) is 0 Å². The quantitative estimate of drug-likeness (QED) is 0.0207. The standard InChI is InChI=1S/C36H38ClNO4.C29H33ClN2O5S.C29H31ClN2O4S/c1-3-23-42-35-20-16-32(37)25-31(35)26-38(36(40)24-29-7-5-4-6-8-29)22-21-28-9-14-30(15-10-28)34(39)19-13-27-11-17-33(41-2)18-12-27;1-4-18-37-28-15-10-25(30)19-24(28)21-32(29(33)5-2)17-16-22-8-13-27(14-9-22)38(34,35)31-20-23-6-11-26(36-3)12-7-23;1-3-17-31-37(34,35)27-13-10-23(11-14-27)16-18-32(29(33)20-24-8-6-5-7-9-24)22-25-21-26(30)12-15-28(25)36-19-4-2/h4-12,14-18,20,25H,3,13,19,21-24,26H2,1-2H3;5-15,19,31H,2,4,16-18,20-21H2,1,3H3;1,5-15,21,31H,4,16-20,22H2,2H3. The summed E-state index contributed by atoms with van der Waals surface area (Å²) >= 11 is 18.8. The Balaban J connectivity index is 0.000000220. The average Bonchev–Trinajstić information content (AvgIpc) is 0.795. The number of rotatable bonds is 42. The first-order valence-electron chi connectivity index (χ1n) is 38.8. The van der Waals surface area contributed by atoms with Crippen molar-refractivity contribution in [2.45, 2.75) is 121 Å². The van der Waals surface area contributed by atoms with Gasteiger partial charge in [-0.2, -0.15) is 4.72 Å². The van der Waals surface area contributed by atoms with Crippen LogP contribution in [0.1, 0.15) is 112 Å². The summed E-state index contributed by atoms with van der Waals surface area (Å²) in [5.74, 6) is 5.82. The maximum Gasteiger partial charge on any atom is 0.246 e. The van der Waals surface area contributed by atoms with Crippen molar-refractivity contribution in [1.82, 2.24) is 24.1 Å². The lowest BCUT2D eigenvalue weighted by atomic mass is 10.0. The number of ether oxygens (including phenoxy) is 5. The first-order chi connectivity index (χ1) is 56.5. The van der Waals surface area contributed by atoms with E-state index in [9.17, 15) is 36.0 Å². The lowest BCUT2D eigenvalue weighted by Gasteiger charge is -2.24. The van der Waals surface area contributed by atoms with Gasteiger partial charge in [0.2, 0.25) is 37.8 Å². The van der Waals surface area contributed by atoms with Gasteiger partial charge in [-0.25, -0.2) is 21.6 Å². The molecular weight excluding hydrogens is 1580 g/mol. The van der Waals surface area contributed by atoms with E-state index in [1.165, 1.54) is 18.2 Å². The number of aryl methyl sites for hydroxylation is 1. The largest absolute Gasteiger partial charge is 0.497 e. The zero-order valence-electron chi connectivity index (χ0n) is 66.8. The summed E-state index contributed by atoms with van der Waals surface area (Å²) in [5, 5.41) is 1.74. The Kier molecular flexibility index (Phi) is 37.7. The molecule has 0 saturated carbocycles. The highest BCUT2D eigenvalue weighted by Gasteiger charge is 2.23. The molecule has 0 aliphatic carbocycles.